The SMILES string of the molecule is Cc1ccc(C(C)NC(=O)NCCCCC(=O)O)o1. The molecule has 0 aliphatic carbocycles. The van der Waals surface area contributed by atoms with Crippen LogP contribution in [0.5, 0.6) is 0 Å². The van der Waals surface area contributed by atoms with Crippen molar-refractivity contribution in [1.82, 2.24) is 10.6 Å². The molecule has 0 aromatic carbocycles. The third-order valence-corrected chi connectivity index (χ3v) is 2.64. The third kappa shape index (κ3) is 5.94. The Balaban J connectivity index is 2.18. The lowest BCUT2D eigenvalue weighted by atomic mass is 10.2. The monoisotopic (exact) mass is 268 g/mol. The Morgan fingerprint density at radius 1 is 1.37 bits per heavy atom. The van der Waals surface area contributed by atoms with Crippen molar-refractivity contribution in [2.45, 2.75) is 39.2 Å². The normalized spacial score (nSPS) is 11.9. The molecular weight excluding hydrogens is 248 g/mol. The molecule has 0 bridgehead atoms. The number of carboxylic acid groups (broad SMARTS) is 1. The summed E-state index contributed by atoms with van der Waals surface area (Å²) in [6.07, 6.45) is 1.34. The van der Waals surface area contributed by atoms with Crippen LogP contribution < -0.4 is 10.6 Å². The molecule has 0 spiro atoms. The van der Waals surface area contributed by atoms with Gasteiger partial charge < -0.3 is 20.2 Å². The van der Waals surface area contributed by atoms with Gasteiger partial charge >= 0.3 is 12.0 Å². The summed E-state index contributed by atoms with van der Waals surface area (Å²) < 4.78 is 5.41. The number of carbonyl (C=O) groups excluding carboxylic acids is 1. The van der Waals surface area contributed by atoms with Gasteiger partial charge in [-0.2, -0.15) is 0 Å². The summed E-state index contributed by atoms with van der Waals surface area (Å²) in [5.74, 6) is 0.697. The van der Waals surface area contributed by atoms with Gasteiger partial charge in [-0.25, -0.2) is 4.79 Å². The number of nitrogens with one attached hydrogen (secondary N) is 2. The Bertz CT molecular complexity index is 428. The number of furan rings is 1. The van der Waals surface area contributed by atoms with Gasteiger partial charge in [0.25, 0.3) is 0 Å². The molecule has 1 rings (SSSR count). The van der Waals surface area contributed by atoms with E-state index in [0.717, 1.165) is 5.76 Å². The molecule has 1 unspecified atom stereocenters. The van der Waals surface area contributed by atoms with Gasteiger partial charge in [-0.05, 0) is 38.8 Å². The lowest BCUT2D eigenvalue weighted by Gasteiger charge is -2.12. The van der Waals surface area contributed by atoms with Gasteiger partial charge in [0.15, 0.2) is 0 Å². The van der Waals surface area contributed by atoms with E-state index in [-0.39, 0.29) is 18.5 Å². The Hall–Kier alpha value is -1.98. The fourth-order valence-electron chi connectivity index (χ4n) is 1.61. The highest BCUT2D eigenvalue weighted by atomic mass is 16.4. The number of carboxylic acids is 1. The molecule has 3 N–H and O–H groups in total. The van der Waals surface area contributed by atoms with Gasteiger partial charge in [0, 0.05) is 13.0 Å². The lowest BCUT2D eigenvalue weighted by Crippen LogP contribution is -2.37. The van der Waals surface area contributed by atoms with E-state index in [9.17, 15) is 9.59 Å². The maximum Gasteiger partial charge on any atom is 0.315 e. The summed E-state index contributed by atoms with van der Waals surface area (Å²) in [6.45, 7) is 4.14. The zero-order chi connectivity index (χ0) is 14.3. The summed E-state index contributed by atoms with van der Waals surface area (Å²) in [5, 5.41) is 13.9. The molecule has 1 aromatic heterocycles. The second kappa shape index (κ2) is 7.45. The first-order chi connectivity index (χ1) is 8.99. The van der Waals surface area contributed by atoms with Gasteiger partial charge in [0.1, 0.15) is 11.5 Å². The van der Waals surface area contributed by atoms with Gasteiger partial charge in [-0.1, -0.05) is 0 Å². The van der Waals surface area contributed by atoms with Crippen LogP contribution in [0.4, 0.5) is 4.79 Å². The van der Waals surface area contributed by atoms with Crippen molar-refractivity contribution in [3.05, 3.63) is 23.7 Å². The summed E-state index contributed by atoms with van der Waals surface area (Å²) in [7, 11) is 0. The van der Waals surface area contributed by atoms with Crippen molar-refractivity contribution in [2.24, 2.45) is 0 Å². The molecule has 19 heavy (non-hydrogen) atoms. The Kier molecular flexibility index (Phi) is 5.92. The van der Waals surface area contributed by atoms with Crippen molar-refractivity contribution < 1.29 is 19.1 Å². The highest BCUT2D eigenvalue weighted by molar-refractivity contribution is 5.74. The van der Waals surface area contributed by atoms with E-state index >= 15 is 0 Å². The fourth-order valence-corrected chi connectivity index (χ4v) is 1.61. The molecule has 0 fully saturated rings. The van der Waals surface area contributed by atoms with Crippen LogP contribution in [0.25, 0.3) is 0 Å². The molecule has 106 valence electrons. The number of unbranched alkanes of at least 4 members (excludes halogenated alkanes) is 1. The van der Waals surface area contributed by atoms with Crippen LogP contribution in [0.3, 0.4) is 0 Å². The highest BCUT2D eigenvalue weighted by Crippen LogP contribution is 2.15. The Labute approximate surface area is 112 Å². The van der Waals surface area contributed by atoms with E-state index in [1.54, 1.807) is 0 Å². The molecule has 6 nitrogen and oxygen atoms in total. The van der Waals surface area contributed by atoms with Crippen LogP contribution in [-0.4, -0.2) is 23.7 Å². The Morgan fingerprint density at radius 2 is 2.11 bits per heavy atom. The van der Waals surface area contributed by atoms with Crippen LogP contribution in [0.1, 0.15) is 43.7 Å². The predicted octanol–water partition coefficient (Wildman–Crippen LogP) is 2.20. The summed E-state index contributed by atoms with van der Waals surface area (Å²) in [4.78, 5) is 21.8. The van der Waals surface area contributed by atoms with E-state index in [4.69, 9.17) is 9.52 Å². The van der Waals surface area contributed by atoms with E-state index < -0.39 is 5.97 Å². The number of urea groups is 1. The van der Waals surface area contributed by atoms with Crippen molar-refractivity contribution in [2.75, 3.05) is 6.54 Å². The molecule has 0 aliphatic heterocycles. The summed E-state index contributed by atoms with van der Waals surface area (Å²) >= 11 is 0. The second-order valence-electron chi connectivity index (χ2n) is 4.42. The number of amides is 2. The summed E-state index contributed by atoms with van der Waals surface area (Å²) in [5.41, 5.74) is 0. The topological polar surface area (TPSA) is 91.6 Å². The van der Waals surface area contributed by atoms with Gasteiger partial charge in [-0.15, -0.1) is 0 Å². The number of aryl methyl sites for hydroxylation is 1. The van der Waals surface area contributed by atoms with Crippen LogP contribution in [0.2, 0.25) is 0 Å². The van der Waals surface area contributed by atoms with E-state index in [2.05, 4.69) is 10.6 Å². The van der Waals surface area contributed by atoms with E-state index in [1.807, 2.05) is 26.0 Å². The smallest absolute Gasteiger partial charge is 0.315 e. The molecule has 2 amide bonds. The second-order valence-corrected chi connectivity index (χ2v) is 4.42. The average molecular weight is 268 g/mol. The average Bonchev–Trinajstić information content (AvgIpc) is 2.75. The molecule has 1 atom stereocenters. The maximum atomic E-state index is 11.6. The largest absolute Gasteiger partial charge is 0.481 e. The van der Waals surface area contributed by atoms with E-state index in [0.29, 0.717) is 25.1 Å². The van der Waals surface area contributed by atoms with Gasteiger partial charge in [0.05, 0.1) is 6.04 Å². The zero-order valence-electron chi connectivity index (χ0n) is 11.2. The molecule has 0 radical (unpaired) electrons. The molecule has 1 heterocycles. The van der Waals surface area contributed by atoms with Crippen molar-refractivity contribution >= 4 is 12.0 Å². The van der Waals surface area contributed by atoms with Crippen LogP contribution in [-0.2, 0) is 4.79 Å². The minimum absolute atomic E-state index is 0.130. The Morgan fingerprint density at radius 3 is 2.68 bits per heavy atom. The minimum Gasteiger partial charge on any atom is -0.481 e. The minimum atomic E-state index is -0.814. The fraction of sp³-hybridized carbons (Fsp3) is 0.538. The van der Waals surface area contributed by atoms with Gasteiger partial charge in [-0.3, -0.25) is 4.79 Å². The summed E-state index contributed by atoms with van der Waals surface area (Å²) in [6, 6.07) is 3.19. The lowest BCUT2D eigenvalue weighted by molar-refractivity contribution is -0.137. The van der Waals surface area contributed by atoms with Crippen LogP contribution >= 0.6 is 0 Å². The molecule has 0 saturated heterocycles. The van der Waals surface area contributed by atoms with Gasteiger partial charge in [0.2, 0.25) is 0 Å². The third-order valence-electron chi connectivity index (χ3n) is 2.64. The first kappa shape index (κ1) is 15.1. The number of hydrogen-bond donors (Lipinski definition) is 3. The first-order valence-electron chi connectivity index (χ1n) is 6.31. The van der Waals surface area contributed by atoms with Crippen molar-refractivity contribution in [1.29, 1.82) is 0 Å². The van der Waals surface area contributed by atoms with Crippen LogP contribution in [0, 0.1) is 6.92 Å². The highest BCUT2D eigenvalue weighted by Gasteiger charge is 2.11. The van der Waals surface area contributed by atoms with Crippen molar-refractivity contribution in [3.63, 3.8) is 0 Å². The predicted molar refractivity (Wildman–Crippen MR) is 69.9 cm³/mol. The number of carbonyl (C=O) groups is 2. The standard InChI is InChI=1S/C13H20N2O4/c1-9-6-7-11(19-9)10(2)15-13(18)14-8-4-3-5-12(16)17/h6-7,10H,3-5,8H2,1-2H3,(H,16,17)(H2,14,15,18). The maximum absolute atomic E-state index is 11.6. The number of hydrogen-bond acceptors (Lipinski definition) is 3. The zero-order valence-corrected chi connectivity index (χ0v) is 11.2. The van der Waals surface area contributed by atoms with E-state index in [1.165, 1.54) is 0 Å². The molecule has 1 aromatic rings. The number of rotatable bonds is 7. The van der Waals surface area contributed by atoms with Crippen LogP contribution in [0.15, 0.2) is 16.5 Å². The molecule has 0 aliphatic rings. The molecule has 6 heteroatoms. The van der Waals surface area contributed by atoms with Crippen molar-refractivity contribution in [3.8, 4) is 0 Å². The molecule has 0 saturated carbocycles. The number of aliphatic carboxylic acids is 1. The molecular formula is C13H20N2O4. The quantitative estimate of drug-likeness (QED) is 0.661. The first-order valence-corrected chi connectivity index (χ1v) is 6.31.